The first kappa shape index (κ1) is 11.9. The first-order valence-corrected chi connectivity index (χ1v) is 4.78. The van der Waals surface area contributed by atoms with Gasteiger partial charge >= 0.3 is 0 Å². The van der Waals surface area contributed by atoms with E-state index in [2.05, 4.69) is 25.4 Å². The number of hydrogen-bond acceptors (Lipinski definition) is 1. The van der Waals surface area contributed by atoms with E-state index in [1.54, 1.807) is 0 Å². The summed E-state index contributed by atoms with van der Waals surface area (Å²) < 4.78 is 0. The molecule has 0 saturated heterocycles. The molecule has 0 aromatic heterocycles. The first-order valence-electron chi connectivity index (χ1n) is 4.78. The maximum atomic E-state index is 11.0. The molecule has 0 radical (unpaired) electrons. The quantitative estimate of drug-likeness (QED) is 0.474. The highest BCUT2D eigenvalue weighted by Crippen LogP contribution is 2.04. The highest BCUT2D eigenvalue weighted by Gasteiger charge is 2.07. The average molecular weight is 181 g/mol. The Hall–Kier alpha value is -1.05. The minimum absolute atomic E-state index is 0.0945. The zero-order valence-electron chi connectivity index (χ0n) is 8.38. The van der Waals surface area contributed by atoms with Gasteiger partial charge in [-0.1, -0.05) is 32.4 Å². The van der Waals surface area contributed by atoms with E-state index in [0.717, 1.165) is 25.7 Å². The first-order chi connectivity index (χ1) is 6.24. The van der Waals surface area contributed by atoms with Crippen LogP contribution in [0.3, 0.4) is 0 Å². The molecule has 0 fully saturated rings. The van der Waals surface area contributed by atoms with Crippen molar-refractivity contribution in [3.63, 3.8) is 0 Å². The van der Waals surface area contributed by atoms with Crippen LogP contribution in [0, 0.1) is 0 Å². The van der Waals surface area contributed by atoms with E-state index < -0.39 is 0 Å². The number of nitrogens with one attached hydrogen (secondary N) is 1. The summed E-state index contributed by atoms with van der Waals surface area (Å²) in [5.74, 6) is -0.0945. The van der Waals surface area contributed by atoms with Crippen LogP contribution in [0.1, 0.15) is 32.6 Å². The molecule has 13 heavy (non-hydrogen) atoms. The van der Waals surface area contributed by atoms with Crippen molar-refractivity contribution in [2.45, 2.75) is 38.6 Å². The van der Waals surface area contributed by atoms with Gasteiger partial charge in [0.25, 0.3) is 0 Å². The molecule has 0 aromatic carbocycles. The Morgan fingerprint density at radius 2 is 2.23 bits per heavy atom. The summed E-state index contributed by atoms with van der Waals surface area (Å²) in [5.41, 5.74) is 0. The van der Waals surface area contributed by atoms with Crippen LogP contribution in [0.15, 0.2) is 25.3 Å². The van der Waals surface area contributed by atoms with Crippen molar-refractivity contribution in [2.75, 3.05) is 0 Å². The molecule has 0 spiro atoms. The normalized spacial score (nSPS) is 11.8. The van der Waals surface area contributed by atoms with Crippen LogP contribution in [0.2, 0.25) is 0 Å². The smallest absolute Gasteiger partial charge is 0.243 e. The molecular formula is C11H19NO. The second-order valence-corrected chi connectivity index (χ2v) is 3.08. The molecule has 1 N–H and O–H groups in total. The molecule has 1 atom stereocenters. The van der Waals surface area contributed by atoms with Crippen molar-refractivity contribution in [1.29, 1.82) is 0 Å². The number of amides is 1. The van der Waals surface area contributed by atoms with Crippen LogP contribution in [0.5, 0.6) is 0 Å². The van der Waals surface area contributed by atoms with Gasteiger partial charge < -0.3 is 5.32 Å². The minimum Gasteiger partial charge on any atom is -0.350 e. The summed E-state index contributed by atoms with van der Waals surface area (Å²) in [5, 5.41) is 2.87. The maximum absolute atomic E-state index is 11.0. The molecule has 0 rings (SSSR count). The Morgan fingerprint density at radius 3 is 2.69 bits per heavy atom. The standard InChI is InChI=1S/C11H19NO/c1-4-7-9-10(8-5-2)12-11(13)6-3/h5-6,10H,2-4,7-9H2,1H3,(H,12,13). The number of rotatable bonds is 7. The van der Waals surface area contributed by atoms with Gasteiger partial charge in [0.2, 0.25) is 5.91 Å². The Labute approximate surface area is 80.7 Å². The van der Waals surface area contributed by atoms with Gasteiger partial charge in [-0.25, -0.2) is 0 Å². The van der Waals surface area contributed by atoms with Crippen LogP contribution in [0.25, 0.3) is 0 Å². The fourth-order valence-corrected chi connectivity index (χ4v) is 1.16. The lowest BCUT2D eigenvalue weighted by molar-refractivity contribution is -0.117. The van der Waals surface area contributed by atoms with E-state index in [0.29, 0.717) is 0 Å². The van der Waals surface area contributed by atoms with Crippen LogP contribution < -0.4 is 5.32 Å². The summed E-state index contributed by atoms with van der Waals surface area (Å²) in [4.78, 5) is 11.0. The SMILES string of the molecule is C=CCC(CCCC)NC(=O)C=C. The average Bonchev–Trinajstić information content (AvgIpc) is 2.14. The van der Waals surface area contributed by atoms with E-state index in [-0.39, 0.29) is 11.9 Å². The Kier molecular flexibility index (Phi) is 6.98. The van der Waals surface area contributed by atoms with Gasteiger partial charge in [0.05, 0.1) is 0 Å². The number of unbranched alkanes of at least 4 members (excludes halogenated alkanes) is 1. The minimum atomic E-state index is -0.0945. The molecule has 0 aliphatic carbocycles. The van der Waals surface area contributed by atoms with Crippen LogP contribution in [0.4, 0.5) is 0 Å². The predicted octanol–water partition coefficient (Wildman–Crippen LogP) is 2.42. The van der Waals surface area contributed by atoms with Gasteiger partial charge in [-0.15, -0.1) is 6.58 Å². The van der Waals surface area contributed by atoms with E-state index in [9.17, 15) is 4.79 Å². The lowest BCUT2D eigenvalue weighted by Gasteiger charge is -2.15. The molecule has 0 aliphatic heterocycles. The van der Waals surface area contributed by atoms with Crippen molar-refractivity contribution in [2.24, 2.45) is 0 Å². The van der Waals surface area contributed by atoms with Gasteiger partial charge in [0.15, 0.2) is 0 Å². The molecule has 0 bridgehead atoms. The fraction of sp³-hybridized carbons (Fsp3) is 0.545. The van der Waals surface area contributed by atoms with Crippen molar-refractivity contribution >= 4 is 5.91 Å². The van der Waals surface area contributed by atoms with Gasteiger partial charge in [-0.05, 0) is 18.9 Å². The van der Waals surface area contributed by atoms with Crippen molar-refractivity contribution in [1.82, 2.24) is 5.32 Å². The van der Waals surface area contributed by atoms with E-state index in [4.69, 9.17) is 0 Å². The largest absolute Gasteiger partial charge is 0.350 e. The number of carbonyl (C=O) groups is 1. The van der Waals surface area contributed by atoms with Crippen molar-refractivity contribution in [3.05, 3.63) is 25.3 Å². The zero-order chi connectivity index (χ0) is 10.1. The maximum Gasteiger partial charge on any atom is 0.243 e. The second-order valence-electron chi connectivity index (χ2n) is 3.08. The highest BCUT2D eigenvalue weighted by molar-refractivity contribution is 5.87. The third-order valence-electron chi connectivity index (χ3n) is 1.89. The highest BCUT2D eigenvalue weighted by atomic mass is 16.1. The molecular weight excluding hydrogens is 162 g/mol. The fourth-order valence-electron chi connectivity index (χ4n) is 1.16. The molecule has 1 unspecified atom stereocenters. The molecule has 0 aliphatic rings. The number of carbonyl (C=O) groups excluding carboxylic acids is 1. The summed E-state index contributed by atoms with van der Waals surface area (Å²) in [7, 11) is 0. The molecule has 1 amide bonds. The summed E-state index contributed by atoms with van der Waals surface area (Å²) in [6.07, 6.45) is 7.28. The Balaban J connectivity index is 3.84. The van der Waals surface area contributed by atoms with Crippen molar-refractivity contribution in [3.8, 4) is 0 Å². The third kappa shape index (κ3) is 6.14. The van der Waals surface area contributed by atoms with Crippen LogP contribution in [-0.2, 0) is 4.79 Å². The van der Waals surface area contributed by atoms with Crippen molar-refractivity contribution < 1.29 is 4.79 Å². The lowest BCUT2D eigenvalue weighted by Crippen LogP contribution is -2.33. The van der Waals surface area contributed by atoms with Gasteiger partial charge in [0, 0.05) is 6.04 Å². The Morgan fingerprint density at radius 1 is 1.54 bits per heavy atom. The van der Waals surface area contributed by atoms with Crippen LogP contribution >= 0.6 is 0 Å². The zero-order valence-corrected chi connectivity index (χ0v) is 8.38. The molecule has 2 nitrogen and oxygen atoms in total. The number of hydrogen-bond donors (Lipinski definition) is 1. The summed E-state index contributed by atoms with van der Waals surface area (Å²) in [6, 6.07) is 0.225. The Bertz CT molecular complexity index is 175. The summed E-state index contributed by atoms with van der Waals surface area (Å²) >= 11 is 0. The third-order valence-corrected chi connectivity index (χ3v) is 1.89. The van der Waals surface area contributed by atoms with E-state index >= 15 is 0 Å². The lowest BCUT2D eigenvalue weighted by atomic mass is 10.1. The van der Waals surface area contributed by atoms with Gasteiger partial charge in [-0.2, -0.15) is 0 Å². The van der Waals surface area contributed by atoms with E-state index in [1.165, 1.54) is 6.08 Å². The molecule has 0 heterocycles. The second kappa shape index (κ2) is 7.59. The molecule has 0 aromatic rings. The molecule has 2 heteroatoms. The molecule has 0 saturated carbocycles. The summed E-state index contributed by atoms with van der Waals surface area (Å²) in [6.45, 7) is 9.22. The van der Waals surface area contributed by atoms with E-state index in [1.807, 2.05) is 6.08 Å². The van der Waals surface area contributed by atoms with Gasteiger partial charge in [0.1, 0.15) is 0 Å². The van der Waals surface area contributed by atoms with Crippen LogP contribution in [-0.4, -0.2) is 11.9 Å². The predicted molar refractivity (Wildman–Crippen MR) is 56.5 cm³/mol. The molecule has 74 valence electrons. The topological polar surface area (TPSA) is 29.1 Å². The monoisotopic (exact) mass is 181 g/mol. The van der Waals surface area contributed by atoms with Gasteiger partial charge in [-0.3, -0.25) is 4.79 Å².